The van der Waals surface area contributed by atoms with E-state index in [2.05, 4.69) is 4.72 Å². The fraction of sp³-hybridized carbons (Fsp3) is 0.571. The Morgan fingerprint density at radius 1 is 1.30 bits per heavy atom. The zero-order valence-electron chi connectivity index (χ0n) is 11.9. The molecule has 5 nitrogen and oxygen atoms in total. The van der Waals surface area contributed by atoms with Crippen molar-refractivity contribution < 1.29 is 13.5 Å². The average Bonchev–Trinajstić information content (AvgIpc) is 2.73. The zero-order chi connectivity index (χ0) is 14.9. The van der Waals surface area contributed by atoms with Crippen molar-refractivity contribution in [3.63, 3.8) is 0 Å². The van der Waals surface area contributed by atoms with Crippen LogP contribution in [-0.4, -0.2) is 26.2 Å². The summed E-state index contributed by atoms with van der Waals surface area (Å²) in [6.45, 7) is 3.51. The van der Waals surface area contributed by atoms with Crippen LogP contribution in [0.3, 0.4) is 0 Å². The number of aliphatic hydroxyl groups excluding tert-OH is 1. The van der Waals surface area contributed by atoms with Crippen molar-refractivity contribution in [1.82, 2.24) is 4.72 Å². The van der Waals surface area contributed by atoms with E-state index in [1.807, 2.05) is 0 Å². The van der Waals surface area contributed by atoms with Crippen LogP contribution < -0.4 is 10.5 Å². The maximum Gasteiger partial charge on any atom is 0.241 e. The summed E-state index contributed by atoms with van der Waals surface area (Å²) in [6, 6.07) is 3.15. The van der Waals surface area contributed by atoms with Gasteiger partial charge in [0.25, 0.3) is 0 Å². The summed E-state index contributed by atoms with van der Waals surface area (Å²) in [7, 11) is -3.58. The summed E-state index contributed by atoms with van der Waals surface area (Å²) in [5, 5.41) is 9.30. The first-order chi connectivity index (χ1) is 9.35. The summed E-state index contributed by atoms with van der Waals surface area (Å²) in [4.78, 5) is 0.301. The molecule has 2 rings (SSSR count). The molecular weight excluding hydrogens is 276 g/mol. The highest BCUT2D eigenvalue weighted by Crippen LogP contribution is 2.28. The fourth-order valence-electron chi connectivity index (χ4n) is 3.08. The first-order valence-corrected chi connectivity index (χ1v) is 8.33. The van der Waals surface area contributed by atoms with Gasteiger partial charge in [0.1, 0.15) is 0 Å². The van der Waals surface area contributed by atoms with Gasteiger partial charge in [-0.3, -0.25) is 0 Å². The highest BCUT2D eigenvalue weighted by molar-refractivity contribution is 7.89. The molecule has 0 saturated heterocycles. The Labute approximate surface area is 120 Å². The second-order valence-electron chi connectivity index (χ2n) is 5.59. The number of aryl methyl sites for hydroxylation is 2. The molecule has 2 atom stereocenters. The number of hydrogen-bond acceptors (Lipinski definition) is 4. The maximum absolute atomic E-state index is 12.6. The van der Waals surface area contributed by atoms with Gasteiger partial charge in [-0.15, -0.1) is 0 Å². The van der Waals surface area contributed by atoms with Gasteiger partial charge >= 0.3 is 0 Å². The highest BCUT2D eigenvalue weighted by atomic mass is 32.2. The van der Waals surface area contributed by atoms with Crippen LogP contribution in [-0.2, 0) is 10.0 Å². The first kappa shape index (κ1) is 15.3. The van der Waals surface area contributed by atoms with Crippen LogP contribution in [0.15, 0.2) is 17.0 Å². The lowest BCUT2D eigenvalue weighted by Crippen LogP contribution is -2.39. The van der Waals surface area contributed by atoms with E-state index in [1.54, 1.807) is 26.0 Å². The zero-order valence-corrected chi connectivity index (χ0v) is 12.7. The molecule has 1 fully saturated rings. The van der Waals surface area contributed by atoms with Gasteiger partial charge in [0.05, 0.1) is 4.90 Å². The van der Waals surface area contributed by atoms with Gasteiger partial charge in [-0.25, -0.2) is 13.1 Å². The number of benzene rings is 1. The Balaban J connectivity index is 2.32. The Morgan fingerprint density at radius 2 is 1.90 bits per heavy atom. The van der Waals surface area contributed by atoms with Crippen molar-refractivity contribution in [2.24, 2.45) is 5.92 Å². The Hall–Kier alpha value is -1.11. The molecule has 2 unspecified atom stereocenters. The van der Waals surface area contributed by atoms with E-state index < -0.39 is 10.0 Å². The van der Waals surface area contributed by atoms with Crippen molar-refractivity contribution in [2.75, 3.05) is 12.3 Å². The molecule has 1 aliphatic rings. The van der Waals surface area contributed by atoms with Gasteiger partial charge in [-0.05, 0) is 55.9 Å². The predicted molar refractivity (Wildman–Crippen MR) is 78.9 cm³/mol. The summed E-state index contributed by atoms with van der Waals surface area (Å²) in [5.74, 6) is 0.0131. The van der Waals surface area contributed by atoms with Crippen LogP contribution in [0.5, 0.6) is 0 Å². The number of anilines is 1. The standard InChI is InChI=1S/C14H22N2O3S/c1-9-6-12(15)7-10(2)14(9)20(18,19)16-13-5-3-4-11(13)8-17/h6-7,11,13,16-17H,3-5,8,15H2,1-2H3. The summed E-state index contributed by atoms with van der Waals surface area (Å²) >= 11 is 0. The normalized spacial score (nSPS) is 23.1. The van der Waals surface area contributed by atoms with E-state index in [0.717, 1.165) is 19.3 Å². The smallest absolute Gasteiger partial charge is 0.241 e. The quantitative estimate of drug-likeness (QED) is 0.731. The van der Waals surface area contributed by atoms with Crippen LogP contribution in [0.1, 0.15) is 30.4 Å². The topological polar surface area (TPSA) is 92.4 Å². The van der Waals surface area contributed by atoms with E-state index in [0.29, 0.717) is 21.7 Å². The number of rotatable bonds is 4. The minimum absolute atomic E-state index is 0.0131. The van der Waals surface area contributed by atoms with Crippen LogP contribution in [0, 0.1) is 19.8 Å². The molecule has 1 aliphatic carbocycles. The number of nitrogens with one attached hydrogen (secondary N) is 1. The number of hydrogen-bond donors (Lipinski definition) is 3. The number of sulfonamides is 1. The molecule has 1 saturated carbocycles. The number of nitrogen functional groups attached to an aromatic ring is 1. The third kappa shape index (κ3) is 2.97. The SMILES string of the molecule is Cc1cc(N)cc(C)c1S(=O)(=O)NC1CCCC1CO. The van der Waals surface area contributed by atoms with Gasteiger partial charge in [-0.1, -0.05) is 6.42 Å². The van der Waals surface area contributed by atoms with Crippen LogP contribution in [0.25, 0.3) is 0 Å². The van der Waals surface area contributed by atoms with Gasteiger partial charge in [0, 0.05) is 18.3 Å². The van der Waals surface area contributed by atoms with Crippen molar-refractivity contribution >= 4 is 15.7 Å². The van der Waals surface area contributed by atoms with Crippen molar-refractivity contribution in [3.8, 4) is 0 Å². The average molecular weight is 298 g/mol. The molecule has 0 aliphatic heterocycles. The largest absolute Gasteiger partial charge is 0.399 e. The van der Waals surface area contributed by atoms with Gasteiger partial charge < -0.3 is 10.8 Å². The Kier molecular flexibility index (Phi) is 4.36. The third-order valence-electron chi connectivity index (χ3n) is 3.95. The number of aliphatic hydroxyl groups is 1. The predicted octanol–water partition coefficient (Wildman–Crippen LogP) is 1.32. The van der Waals surface area contributed by atoms with Crippen LogP contribution in [0.4, 0.5) is 5.69 Å². The minimum Gasteiger partial charge on any atom is -0.399 e. The van der Waals surface area contributed by atoms with Crippen molar-refractivity contribution in [2.45, 2.75) is 44.0 Å². The highest BCUT2D eigenvalue weighted by Gasteiger charge is 2.31. The fourth-order valence-corrected chi connectivity index (χ4v) is 4.87. The molecule has 0 bridgehead atoms. The Bertz CT molecular complexity index is 575. The molecule has 1 aromatic carbocycles. The molecule has 20 heavy (non-hydrogen) atoms. The lowest BCUT2D eigenvalue weighted by molar-refractivity contribution is 0.213. The van der Waals surface area contributed by atoms with Crippen LogP contribution in [0.2, 0.25) is 0 Å². The lowest BCUT2D eigenvalue weighted by Gasteiger charge is -2.20. The molecule has 112 valence electrons. The van der Waals surface area contributed by atoms with Gasteiger partial charge in [0.15, 0.2) is 0 Å². The van der Waals surface area contributed by atoms with E-state index in [9.17, 15) is 13.5 Å². The first-order valence-electron chi connectivity index (χ1n) is 6.85. The molecule has 0 spiro atoms. The van der Waals surface area contributed by atoms with E-state index in [1.165, 1.54) is 0 Å². The van der Waals surface area contributed by atoms with Crippen molar-refractivity contribution in [3.05, 3.63) is 23.3 Å². The Morgan fingerprint density at radius 3 is 2.45 bits per heavy atom. The molecular formula is C14H22N2O3S. The maximum atomic E-state index is 12.6. The molecule has 0 heterocycles. The lowest BCUT2D eigenvalue weighted by atomic mass is 10.1. The van der Waals surface area contributed by atoms with Crippen LogP contribution >= 0.6 is 0 Å². The second kappa shape index (κ2) is 5.71. The summed E-state index contributed by atoms with van der Waals surface area (Å²) in [6.07, 6.45) is 2.58. The van der Waals surface area contributed by atoms with E-state index >= 15 is 0 Å². The van der Waals surface area contributed by atoms with E-state index in [-0.39, 0.29) is 18.6 Å². The van der Waals surface area contributed by atoms with Gasteiger partial charge in [0.2, 0.25) is 10.0 Å². The minimum atomic E-state index is -3.58. The third-order valence-corrected chi connectivity index (χ3v) is 5.75. The van der Waals surface area contributed by atoms with Crippen molar-refractivity contribution in [1.29, 1.82) is 0 Å². The van der Waals surface area contributed by atoms with Gasteiger partial charge in [-0.2, -0.15) is 0 Å². The molecule has 1 aromatic rings. The molecule has 0 amide bonds. The summed E-state index contributed by atoms with van der Waals surface area (Å²) in [5.41, 5.74) is 7.59. The molecule has 4 N–H and O–H groups in total. The molecule has 6 heteroatoms. The summed E-state index contributed by atoms with van der Waals surface area (Å²) < 4.78 is 27.9. The number of nitrogens with two attached hydrogens (primary N) is 1. The monoisotopic (exact) mass is 298 g/mol. The second-order valence-corrected chi connectivity index (χ2v) is 7.24. The molecule has 0 aromatic heterocycles. The molecule has 0 radical (unpaired) electrons. The van der Waals surface area contributed by atoms with E-state index in [4.69, 9.17) is 5.73 Å².